The predicted octanol–water partition coefficient (Wildman–Crippen LogP) is 3.93. The van der Waals surface area contributed by atoms with Crippen LogP contribution in [0.15, 0.2) is 54.6 Å². The van der Waals surface area contributed by atoms with Crippen LogP contribution < -0.4 is 0 Å². The van der Waals surface area contributed by atoms with Crippen molar-refractivity contribution in [1.82, 2.24) is 0 Å². The molecule has 0 saturated heterocycles. The Hall–Kier alpha value is -1.76. The largest absolute Gasteiger partial charge is 0.508 e. The summed E-state index contributed by atoms with van der Waals surface area (Å²) in [6.45, 7) is 7.81. The van der Waals surface area contributed by atoms with Gasteiger partial charge < -0.3 is 5.11 Å². The lowest BCUT2D eigenvalue weighted by Crippen LogP contribution is -1.81. The minimum absolute atomic E-state index is 0.276. The van der Waals surface area contributed by atoms with E-state index < -0.39 is 0 Å². The Balaban J connectivity index is 3.13. The molecule has 0 aromatic heterocycles. The maximum Gasteiger partial charge on any atom is 0.116 e. The van der Waals surface area contributed by atoms with Crippen LogP contribution in [0.3, 0.4) is 0 Å². The van der Waals surface area contributed by atoms with E-state index in [2.05, 4.69) is 6.58 Å². The van der Waals surface area contributed by atoms with Crippen molar-refractivity contribution in [3.63, 3.8) is 0 Å². The van der Waals surface area contributed by atoms with Crippen LogP contribution >= 0.6 is 0 Å². The molecule has 0 radical (unpaired) electrons. The number of phenols is 1. The van der Waals surface area contributed by atoms with Crippen LogP contribution in [0.1, 0.15) is 19.4 Å². The molecule has 78 valence electrons. The topological polar surface area (TPSA) is 20.2 Å². The number of benzene rings is 1. The van der Waals surface area contributed by atoms with Crippen LogP contribution in [0.2, 0.25) is 0 Å². The van der Waals surface area contributed by atoms with Gasteiger partial charge in [0.15, 0.2) is 0 Å². The van der Waals surface area contributed by atoms with E-state index in [0.717, 1.165) is 11.1 Å². The van der Waals surface area contributed by atoms with E-state index in [4.69, 9.17) is 0 Å². The van der Waals surface area contributed by atoms with Crippen molar-refractivity contribution < 1.29 is 5.11 Å². The van der Waals surface area contributed by atoms with Gasteiger partial charge in [0.25, 0.3) is 0 Å². The lowest BCUT2D eigenvalue weighted by atomic mass is 10.0. The fraction of sp³-hybridized carbons (Fsp3) is 0.143. The molecule has 0 saturated carbocycles. The second kappa shape index (κ2) is 5.20. The molecule has 1 aromatic rings. The normalized spacial score (nSPS) is 12.7. The first-order valence-electron chi connectivity index (χ1n) is 4.94. The van der Waals surface area contributed by atoms with Crippen LogP contribution in [0.4, 0.5) is 0 Å². The van der Waals surface area contributed by atoms with Crippen molar-refractivity contribution in [3.05, 3.63) is 60.2 Å². The average Bonchev–Trinajstić information content (AvgIpc) is 2.25. The highest BCUT2D eigenvalue weighted by atomic mass is 16.3. The summed E-state index contributed by atoms with van der Waals surface area (Å²) < 4.78 is 0. The van der Waals surface area contributed by atoms with Crippen LogP contribution in [-0.2, 0) is 0 Å². The average molecular weight is 200 g/mol. The van der Waals surface area contributed by atoms with Crippen molar-refractivity contribution in [2.45, 2.75) is 13.8 Å². The van der Waals surface area contributed by atoms with Crippen LogP contribution in [-0.4, -0.2) is 5.11 Å². The maximum atomic E-state index is 9.37. The molecule has 0 aliphatic heterocycles. The molecule has 0 bridgehead atoms. The SMILES string of the molecule is C=C/C(=C\C(C)=C/C)c1cccc(O)c1. The highest BCUT2D eigenvalue weighted by Crippen LogP contribution is 2.21. The highest BCUT2D eigenvalue weighted by molar-refractivity contribution is 5.76. The van der Waals surface area contributed by atoms with Gasteiger partial charge in [-0.15, -0.1) is 0 Å². The van der Waals surface area contributed by atoms with Crippen molar-refractivity contribution in [2.24, 2.45) is 0 Å². The minimum Gasteiger partial charge on any atom is -0.508 e. The molecule has 0 heterocycles. The fourth-order valence-electron chi connectivity index (χ4n) is 1.27. The van der Waals surface area contributed by atoms with Gasteiger partial charge in [-0.25, -0.2) is 0 Å². The summed E-state index contributed by atoms with van der Waals surface area (Å²) in [5.74, 6) is 0.276. The molecular formula is C14H16O. The Kier molecular flexibility index (Phi) is 3.92. The number of phenolic OH excluding ortho intramolecular Hbond substituents is 1. The molecule has 0 amide bonds. The molecule has 1 aromatic carbocycles. The zero-order valence-corrected chi connectivity index (χ0v) is 9.20. The number of hydrogen-bond acceptors (Lipinski definition) is 1. The van der Waals surface area contributed by atoms with Gasteiger partial charge >= 0.3 is 0 Å². The highest BCUT2D eigenvalue weighted by Gasteiger charge is 1.98. The quantitative estimate of drug-likeness (QED) is 0.733. The summed E-state index contributed by atoms with van der Waals surface area (Å²) in [5.41, 5.74) is 3.17. The summed E-state index contributed by atoms with van der Waals surface area (Å²) in [6, 6.07) is 7.17. The molecule has 1 N–H and O–H groups in total. The Bertz CT molecular complexity index is 411. The molecule has 0 fully saturated rings. The van der Waals surface area contributed by atoms with E-state index in [1.54, 1.807) is 18.2 Å². The lowest BCUT2D eigenvalue weighted by Gasteiger charge is -2.03. The second-order valence-electron chi connectivity index (χ2n) is 3.39. The zero-order valence-electron chi connectivity index (χ0n) is 9.20. The third-order valence-corrected chi connectivity index (χ3v) is 2.24. The monoisotopic (exact) mass is 200 g/mol. The first kappa shape index (κ1) is 11.3. The van der Waals surface area contributed by atoms with Gasteiger partial charge in [0.1, 0.15) is 5.75 Å². The maximum absolute atomic E-state index is 9.37. The van der Waals surface area contributed by atoms with Gasteiger partial charge in [0.05, 0.1) is 0 Å². The zero-order chi connectivity index (χ0) is 11.3. The first-order chi connectivity index (χ1) is 7.17. The van der Waals surface area contributed by atoms with Crippen molar-refractivity contribution in [2.75, 3.05) is 0 Å². The fourth-order valence-corrected chi connectivity index (χ4v) is 1.27. The third-order valence-electron chi connectivity index (χ3n) is 2.24. The van der Waals surface area contributed by atoms with Gasteiger partial charge in [0.2, 0.25) is 0 Å². The predicted molar refractivity (Wildman–Crippen MR) is 65.7 cm³/mol. The standard InChI is InChI=1S/C14H16O/c1-4-11(3)9-12(5-2)13-7-6-8-14(15)10-13/h4-10,15H,2H2,1,3H3/b11-4-,12-9+. The molecular weight excluding hydrogens is 184 g/mol. The minimum atomic E-state index is 0.276. The van der Waals surface area contributed by atoms with E-state index in [9.17, 15) is 5.11 Å². The third kappa shape index (κ3) is 3.13. The molecule has 1 heteroatoms. The van der Waals surface area contributed by atoms with Gasteiger partial charge in [-0.3, -0.25) is 0 Å². The van der Waals surface area contributed by atoms with Crippen LogP contribution in [0.5, 0.6) is 5.75 Å². The van der Waals surface area contributed by atoms with Crippen molar-refractivity contribution >= 4 is 5.57 Å². The molecule has 0 aliphatic carbocycles. The van der Waals surface area contributed by atoms with Gasteiger partial charge in [-0.1, -0.05) is 42.5 Å². The number of rotatable bonds is 3. The molecule has 1 rings (SSSR count). The molecule has 0 unspecified atom stereocenters. The molecule has 0 aliphatic rings. The van der Waals surface area contributed by atoms with E-state index >= 15 is 0 Å². The van der Waals surface area contributed by atoms with E-state index in [1.807, 2.05) is 38.1 Å². The van der Waals surface area contributed by atoms with E-state index in [1.165, 1.54) is 5.57 Å². The summed E-state index contributed by atoms with van der Waals surface area (Å²) in [4.78, 5) is 0. The van der Waals surface area contributed by atoms with Crippen molar-refractivity contribution in [3.8, 4) is 5.75 Å². The van der Waals surface area contributed by atoms with Crippen molar-refractivity contribution in [1.29, 1.82) is 0 Å². The second-order valence-corrected chi connectivity index (χ2v) is 3.39. The number of aromatic hydroxyl groups is 1. The van der Waals surface area contributed by atoms with E-state index in [-0.39, 0.29) is 5.75 Å². The Morgan fingerprint density at radius 1 is 1.40 bits per heavy atom. The first-order valence-corrected chi connectivity index (χ1v) is 4.94. The van der Waals surface area contributed by atoms with Crippen LogP contribution in [0, 0.1) is 0 Å². The lowest BCUT2D eigenvalue weighted by molar-refractivity contribution is 0.475. The molecule has 15 heavy (non-hydrogen) atoms. The number of hydrogen-bond donors (Lipinski definition) is 1. The Morgan fingerprint density at radius 3 is 2.67 bits per heavy atom. The molecule has 0 atom stereocenters. The smallest absolute Gasteiger partial charge is 0.116 e. The Morgan fingerprint density at radius 2 is 2.13 bits per heavy atom. The van der Waals surface area contributed by atoms with Gasteiger partial charge in [-0.05, 0) is 37.1 Å². The summed E-state index contributed by atoms with van der Waals surface area (Å²) >= 11 is 0. The summed E-state index contributed by atoms with van der Waals surface area (Å²) in [6.07, 6.45) is 5.87. The van der Waals surface area contributed by atoms with Crippen LogP contribution in [0.25, 0.3) is 5.57 Å². The molecule has 0 spiro atoms. The molecule has 1 nitrogen and oxygen atoms in total. The van der Waals surface area contributed by atoms with Gasteiger partial charge in [-0.2, -0.15) is 0 Å². The Labute approximate surface area is 91.1 Å². The summed E-state index contributed by atoms with van der Waals surface area (Å²) in [5, 5.41) is 9.37. The van der Waals surface area contributed by atoms with Gasteiger partial charge in [0, 0.05) is 0 Å². The number of allylic oxidation sites excluding steroid dienone is 5. The summed E-state index contributed by atoms with van der Waals surface area (Å²) in [7, 11) is 0. The van der Waals surface area contributed by atoms with E-state index in [0.29, 0.717) is 0 Å².